The highest BCUT2D eigenvalue weighted by molar-refractivity contribution is 5.59. The molecule has 0 bridgehead atoms. The van der Waals surface area contributed by atoms with E-state index in [4.69, 9.17) is 0 Å². The monoisotopic (exact) mass is 351 g/mol. The average molecular weight is 351 g/mol. The fraction of sp³-hybridized carbons (Fsp3) is 0.471. The lowest BCUT2D eigenvalue weighted by atomic mass is 10.1. The van der Waals surface area contributed by atoms with E-state index in [9.17, 15) is 13.2 Å². The smallest absolute Gasteiger partial charge is 0.353 e. The molecular formula is C17H20F3N5. The van der Waals surface area contributed by atoms with Gasteiger partial charge in [-0.2, -0.15) is 18.3 Å². The van der Waals surface area contributed by atoms with E-state index in [0.29, 0.717) is 23.2 Å². The van der Waals surface area contributed by atoms with Gasteiger partial charge in [-0.25, -0.2) is 4.98 Å². The largest absolute Gasteiger partial charge is 0.416 e. The molecule has 25 heavy (non-hydrogen) atoms. The number of hydrogen-bond acceptors (Lipinski definition) is 5. The predicted molar refractivity (Wildman–Crippen MR) is 89.0 cm³/mol. The van der Waals surface area contributed by atoms with Gasteiger partial charge in [-0.15, -0.1) is 5.10 Å². The van der Waals surface area contributed by atoms with Gasteiger partial charge in [0.25, 0.3) is 0 Å². The molecule has 8 heteroatoms. The van der Waals surface area contributed by atoms with Crippen LogP contribution in [0.5, 0.6) is 0 Å². The number of halogens is 3. The van der Waals surface area contributed by atoms with Gasteiger partial charge in [-0.05, 0) is 45.0 Å². The third-order valence-corrected chi connectivity index (χ3v) is 4.50. The number of nitrogens with one attached hydrogen (secondary N) is 1. The summed E-state index contributed by atoms with van der Waals surface area (Å²) in [6.07, 6.45) is 0.511. The molecule has 0 spiro atoms. The molecule has 1 atom stereocenters. The molecule has 1 N–H and O–H groups in total. The summed E-state index contributed by atoms with van der Waals surface area (Å²) < 4.78 is 37.9. The van der Waals surface area contributed by atoms with Crippen LogP contribution in [0.15, 0.2) is 30.5 Å². The molecule has 1 aliphatic rings. The summed E-state index contributed by atoms with van der Waals surface area (Å²) in [6, 6.07) is 5.44. The Labute approximate surface area is 144 Å². The Morgan fingerprint density at radius 3 is 2.64 bits per heavy atom. The second-order valence-corrected chi connectivity index (χ2v) is 6.23. The number of benzene rings is 1. The van der Waals surface area contributed by atoms with Crippen molar-refractivity contribution in [2.45, 2.75) is 31.5 Å². The van der Waals surface area contributed by atoms with Crippen LogP contribution in [-0.4, -0.2) is 46.3 Å². The Balaban J connectivity index is 1.63. The van der Waals surface area contributed by atoms with Crippen LogP contribution in [0.4, 0.5) is 19.1 Å². The number of hydrogen-bond donors (Lipinski definition) is 1. The predicted octanol–water partition coefficient (Wildman–Crippen LogP) is 3.45. The maximum absolute atomic E-state index is 12.6. The van der Waals surface area contributed by atoms with Gasteiger partial charge < -0.3 is 10.2 Å². The van der Waals surface area contributed by atoms with Crippen LogP contribution in [0, 0.1) is 0 Å². The summed E-state index contributed by atoms with van der Waals surface area (Å²) in [5, 5.41) is 11.0. The SMILES string of the molecule is CN1CCCC1CCNc1nncc(-c2ccc(C(F)(F)F)cc2)n1. The van der Waals surface area contributed by atoms with Crippen molar-refractivity contribution in [2.75, 3.05) is 25.5 Å². The summed E-state index contributed by atoms with van der Waals surface area (Å²) in [4.78, 5) is 6.69. The maximum Gasteiger partial charge on any atom is 0.416 e. The third-order valence-electron chi connectivity index (χ3n) is 4.50. The zero-order chi connectivity index (χ0) is 17.9. The maximum atomic E-state index is 12.6. The minimum absolute atomic E-state index is 0.387. The second kappa shape index (κ2) is 7.35. The van der Waals surface area contributed by atoms with Crippen molar-refractivity contribution in [3.05, 3.63) is 36.0 Å². The first-order chi connectivity index (χ1) is 11.9. The first-order valence-electron chi connectivity index (χ1n) is 8.25. The number of rotatable bonds is 5. The first kappa shape index (κ1) is 17.6. The zero-order valence-electron chi connectivity index (χ0n) is 13.9. The Bertz CT molecular complexity index is 702. The van der Waals surface area contributed by atoms with Crippen LogP contribution in [-0.2, 0) is 6.18 Å². The van der Waals surface area contributed by atoms with Crippen LogP contribution in [0.3, 0.4) is 0 Å². The molecule has 0 saturated carbocycles. The molecule has 5 nitrogen and oxygen atoms in total. The van der Waals surface area contributed by atoms with E-state index in [2.05, 4.69) is 32.4 Å². The molecule has 3 rings (SSSR count). The van der Waals surface area contributed by atoms with Crippen molar-refractivity contribution in [1.82, 2.24) is 20.1 Å². The number of anilines is 1. The van der Waals surface area contributed by atoms with E-state index in [-0.39, 0.29) is 0 Å². The van der Waals surface area contributed by atoms with Gasteiger partial charge >= 0.3 is 6.18 Å². The highest BCUT2D eigenvalue weighted by Crippen LogP contribution is 2.30. The molecule has 1 saturated heterocycles. The Morgan fingerprint density at radius 2 is 2.00 bits per heavy atom. The van der Waals surface area contributed by atoms with Gasteiger partial charge in [0.05, 0.1) is 17.5 Å². The number of likely N-dealkylation sites (tertiary alicyclic amines) is 1. The molecule has 0 radical (unpaired) electrons. The summed E-state index contributed by atoms with van der Waals surface area (Å²) >= 11 is 0. The Kier molecular flexibility index (Phi) is 5.17. The molecule has 1 aromatic carbocycles. The minimum atomic E-state index is -4.34. The van der Waals surface area contributed by atoms with Gasteiger partial charge in [0.15, 0.2) is 0 Å². The molecule has 134 valence electrons. The average Bonchev–Trinajstić information content (AvgIpc) is 3.00. The van der Waals surface area contributed by atoms with Crippen LogP contribution < -0.4 is 5.32 Å². The van der Waals surface area contributed by atoms with Crippen molar-refractivity contribution >= 4 is 5.95 Å². The molecule has 0 amide bonds. The van der Waals surface area contributed by atoms with Crippen LogP contribution >= 0.6 is 0 Å². The van der Waals surface area contributed by atoms with E-state index in [0.717, 1.165) is 31.6 Å². The molecule has 2 aromatic rings. The molecular weight excluding hydrogens is 331 g/mol. The molecule has 1 aromatic heterocycles. The van der Waals surface area contributed by atoms with Gasteiger partial charge in [0.2, 0.25) is 5.95 Å². The van der Waals surface area contributed by atoms with Crippen molar-refractivity contribution in [2.24, 2.45) is 0 Å². The fourth-order valence-corrected chi connectivity index (χ4v) is 3.04. The van der Waals surface area contributed by atoms with E-state index < -0.39 is 11.7 Å². The minimum Gasteiger partial charge on any atom is -0.353 e. The number of alkyl halides is 3. The van der Waals surface area contributed by atoms with Crippen LogP contribution in [0.1, 0.15) is 24.8 Å². The highest BCUT2D eigenvalue weighted by Gasteiger charge is 2.30. The second-order valence-electron chi connectivity index (χ2n) is 6.23. The first-order valence-corrected chi connectivity index (χ1v) is 8.25. The number of nitrogens with zero attached hydrogens (tertiary/aromatic N) is 4. The van der Waals surface area contributed by atoms with Gasteiger partial charge in [-0.3, -0.25) is 0 Å². The van der Waals surface area contributed by atoms with Crippen LogP contribution in [0.2, 0.25) is 0 Å². The molecule has 1 fully saturated rings. The zero-order valence-corrected chi connectivity index (χ0v) is 13.9. The lowest BCUT2D eigenvalue weighted by molar-refractivity contribution is -0.137. The fourth-order valence-electron chi connectivity index (χ4n) is 3.04. The van der Waals surface area contributed by atoms with E-state index in [1.54, 1.807) is 0 Å². The van der Waals surface area contributed by atoms with E-state index >= 15 is 0 Å². The number of aromatic nitrogens is 3. The quantitative estimate of drug-likeness (QED) is 0.894. The lowest BCUT2D eigenvalue weighted by Gasteiger charge is -2.19. The van der Waals surface area contributed by atoms with Gasteiger partial charge in [-0.1, -0.05) is 12.1 Å². The van der Waals surface area contributed by atoms with Crippen molar-refractivity contribution < 1.29 is 13.2 Å². The third kappa shape index (κ3) is 4.45. The summed E-state index contributed by atoms with van der Waals surface area (Å²) in [5.41, 5.74) is 0.378. The summed E-state index contributed by atoms with van der Waals surface area (Å²) in [5.74, 6) is 0.387. The highest BCUT2D eigenvalue weighted by atomic mass is 19.4. The van der Waals surface area contributed by atoms with Gasteiger partial charge in [0, 0.05) is 18.2 Å². The Morgan fingerprint density at radius 1 is 1.24 bits per heavy atom. The van der Waals surface area contributed by atoms with Crippen molar-refractivity contribution in [3.8, 4) is 11.3 Å². The summed E-state index contributed by atoms with van der Waals surface area (Å²) in [6.45, 7) is 1.86. The Hall–Kier alpha value is -2.22. The topological polar surface area (TPSA) is 53.9 Å². The van der Waals surface area contributed by atoms with Crippen molar-refractivity contribution in [3.63, 3.8) is 0 Å². The molecule has 0 aliphatic carbocycles. The molecule has 2 heterocycles. The van der Waals surface area contributed by atoms with Crippen LogP contribution in [0.25, 0.3) is 11.3 Å². The normalized spacial score (nSPS) is 18.5. The molecule has 1 unspecified atom stereocenters. The van der Waals surface area contributed by atoms with Crippen molar-refractivity contribution in [1.29, 1.82) is 0 Å². The van der Waals surface area contributed by atoms with E-state index in [1.165, 1.54) is 31.2 Å². The standard InChI is InChI=1S/C17H20F3N5/c1-25-10-2-3-14(25)8-9-21-16-23-15(11-22-24-16)12-4-6-13(7-5-12)17(18,19)20/h4-7,11,14H,2-3,8-10H2,1H3,(H,21,23,24). The lowest BCUT2D eigenvalue weighted by Crippen LogP contribution is -2.27. The summed E-state index contributed by atoms with van der Waals surface area (Å²) in [7, 11) is 2.13. The molecule has 1 aliphatic heterocycles. The van der Waals surface area contributed by atoms with E-state index in [1.807, 2.05) is 0 Å². The van der Waals surface area contributed by atoms with Gasteiger partial charge in [0.1, 0.15) is 0 Å².